The second-order valence-electron chi connectivity index (χ2n) is 8.95. The Hall–Kier alpha value is -3.54. The normalized spacial score (nSPS) is 26.6. The van der Waals surface area contributed by atoms with E-state index in [1.165, 1.54) is 13.3 Å². The number of ether oxygens (including phenoxy) is 2. The summed E-state index contributed by atoms with van der Waals surface area (Å²) >= 11 is 0. The fourth-order valence-corrected chi connectivity index (χ4v) is 5.86. The summed E-state index contributed by atoms with van der Waals surface area (Å²) in [7, 11) is 1.50. The van der Waals surface area contributed by atoms with Gasteiger partial charge < -0.3 is 19.9 Å². The van der Waals surface area contributed by atoms with Gasteiger partial charge in [0.2, 0.25) is 0 Å². The minimum atomic E-state index is -2.51. The van der Waals surface area contributed by atoms with Gasteiger partial charge in [-0.3, -0.25) is 4.98 Å². The maximum atomic E-state index is 13.0. The van der Waals surface area contributed by atoms with Crippen LogP contribution in [0, 0.1) is 17.2 Å². The number of hydrogen-bond acceptors (Lipinski definition) is 6. The molecule has 2 aliphatic rings. The van der Waals surface area contributed by atoms with Crippen LogP contribution in [0.25, 0.3) is 0 Å². The van der Waals surface area contributed by atoms with Crippen LogP contribution in [0.4, 0.5) is 8.78 Å². The van der Waals surface area contributed by atoms with Gasteiger partial charge in [0.25, 0.3) is 6.43 Å². The van der Waals surface area contributed by atoms with Gasteiger partial charge in [0.1, 0.15) is 17.1 Å². The molecule has 6 nitrogen and oxygen atoms in total. The van der Waals surface area contributed by atoms with Gasteiger partial charge in [0.05, 0.1) is 43.2 Å². The number of alkyl halides is 2. The van der Waals surface area contributed by atoms with E-state index in [0.29, 0.717) is 34.6 Å². The lowest BCUT2D eigenvalue weighted by Crippen LogP contribution is -2.52. The molecule has 0 amide bonds. The van der Waals surface area contributed by atoms with E-state index in [-0.39, 0.29) is 12.5 Å². The maximum absolute atomic E-state index is 13.0. The fraction of sp³-hybridized carbons (Fsp3) is 0.333. The molecule has 0 spiro atoms. The van der Waals surface area contributed by atoms with Gasteiger partial charge in [0.15, 0.2) is 5.60 Å². The number of halogens is 2. The molecule has 0 saturated heterocycles. The van der Waals surface area contributed by atoms with Crippen LogP contribution in [0.3, 0.4) is 0 Å². The molecule has 1 aliphatic heterocycles. The molecule has 0 radical (unpaired) electrons. The van der Waals surface area contributed by atoms with Gasteiger partial charge in [-0.25, -0.2) is 8.78 Å². The molecule has 1 fully saturated rings. The van der Waals surface area contributed by atoms with E-state index in [9.17, 15) is 19.1 Å². The number of methoxy groups -OCH3 is 1. The highest BCUT2D eigenvalue weighted by Gasteiger charge is 2.73. The first kappa shape index (κ1) is 23.2. The summed E-state index contributed by atoms with van der Waals surface area (Å²) in [5.41, 5.74) is -0.346. The number of benzene rings is 2. The predicted octanol–water partition coefficient (Wildman–Crippen LogP) is 4.10. The average Bonchev–Trinajstić information content (AvgIpc) is 3.30. The Kier molecular flexibility index (Phi) is 5.91. The number of hydrogen-bond donors (Lipinski definition) is 2. The predicted molar refractivity (Wildman–Crippen MR) is 124 cm³/mol. The molecule has 0 bridgehead atoms. The Bertz CT molecular complexity index is 1250. The van der Waals surface area contributed by atoms with Gasteiger partial charge in [-0.15, -0.1) is 0 Å². The van der Waals surface area contributed by atoms with Crippen molar-refractivity contribution in [1.29, 1.82) is 5.26 Å². The Morgan fingerprint density at radius 2 is 1.94 bits per heavy atom. The molecule has 180 valence electrons. The lowest BCUT2D eigenvalue weighted by Gasteiger charge is -2.42. The number of aromatic nitrogens is 1. The lowest BCUT2D eigenvalue weighted by molar-refractivity contribution is -0.127. The third-order valence-electron chi connectivity index (χ3n) is 7.25. The molecule has 2 aromatic carbocycles. The van der Waals surface area contributed by atoms with Crippen molar-refractivity contribution >= 4 is 0 Å². The molecule has 1 aliphatic carbocycles. The zero-order valence-electron chi connectivity index (χ0n) is 19.1. The van der Waals surface area contributed by atoms with Crippen molar-refractivity contribution in [2.75, 3.05) is 20.2 Å². The Morgan fingerprint density at radius 1 is 1.20 bits per heavy atom. The summed E-state index contributed by atoms with van der Waals surface area (Å²) in [5, 5.41) is 24.9. The lowest BCUT2D eigenvalue weighted by atomic mass is 9.70. The smallest absolute Gasteiger partial charge is 0.250 e. The van der Waals surface area contributed by atoms with Gasteiger partial charge in [-0.1, -0.05) is 42.5 Å². The largest absolute Gasteiger partial charge is 0.495 e. The first-order valence-electron chi connectivity index (χ1n) is 11.4. The summed E-state index contributed by atoms with van der Waals surface area (Å²) in [4.78, 5) is 4.23. The Morgan fingerprint density at radius 3 is 2.60 bits per heavy atom. The molecular weight excluding hydrogens is 452 g/mol. The molecule has 4 unspecified atom stereocenters. The highest BCUT2D eigenvalue weighted by Crippen LogP contribution is 2.69. The SMILES string of the molecule is COc1cncc2c1C1(O)C(CNCC(F)F)CC(c3ccccc3)C1(c1ccc(C#N)cc1)O2. The number of aliphatic hydroxyl groups is 1. The van der Waals surface area contributed by atoms with Crippen LogP contribution in [0.5, 0.6) is 11.5 Å². The average molecular weight is 478 g/mol. The standard InChI is InChI=1S/C27H25F2N3O3/c1-34-22-14-32-15-23-25(22)26(33)20(13-31-16-24(28)29)11-21(18-5-3-2-4-6-18)27(26,35-23)19-9-7-17(12-30)8-10-19/h2-10,14-15,20-21,24,31,33H,11,13,16H2,1H3. The third-order valence-corrected chi connectivity index (χ3v) is 7.25. The van der Waals surface area contributed by atoms with Crippen molar-refractivity contribution in [2.24, 2.45) is 5.92 Å². The number of nitriles is 1. The van der Waals surface area contributed by atoms with Crippen molar-refractivity contribution in [2.45, 2.75) is 30.0 Å². The van der Waals surface area contributed by atoms with Crippen LogP contribution < -0.4 is 14.8 Å². The van der Waals surface area contributed by atoms with Gasteiger partial charge in [-0.2, -0.15) is 5.26 Å². The molecular formula is C27H25F2N3O3. The van der Waals surface area contributed by atoms with Crippen molar-refractivity contribution < 1.29 is 23.4 Å². The van der Waals surface area contributed by atoms with E-state index in [1.54, 1.807) is 30.5 Å². The summed E-state index contributed by atoms with van der Waals surface area (Å²) < 4.78 is 38.2. The van der Waals surface area contributed by atoms with Crippen LogP contribution in [-0.4, -0.2) is 36.7 Å². The van der Waals surface area contributed by atoms with E-state index >= 15 is 0 Å². The van der Waals surface area contributed by atoms with Crippen LogP contribution in [0.1, 0.15) is 34.6 Å². The van der Waals surface area contributed by atoms with Crippen LogP contribution >= 0.6 is 0 Å². The van der Waals surface area contributed by atoms with E-state index in [0.717, 1.165) is 5.56 Å². The number of nitrogens with zero attached hydrogens (tertiary/aromatic N) is 2. The Labute approximate surface area is 202 Å². The number of pyridine rings is 1. The minimum absolute atomic E-state index is 0.149. The van der Waals surface area contributed by atoms with Gasteiger partial charge in [0, 0.05) is 18.4 Å². The molecule has 5 rings (SSSR count). The summed E-state index contributed by atoms with van der Waals surface area (Å²) in [6.45, 7) is -0.329. The second-order valence-corrected chi connectivity index (χ2v) is 8.95. The number of rotatable bonds is 7. The molecule has 1 saturated carbocycles. The van der Waals surface area contributed by atoms with E-state index in [4.69, 9.17) is 9.47 Å². The summed E-state index contributed by atoms with van der Waals surface area (Å²) in [5.74, 6) is -0.0551. The van der Waals surface area contributed by atoms with Gasteiger partial charge in [-0.05, 0) is 29.7 Å². The minimum Gasteiger partial charge on any atom is -0.495 e. The highest BCUT2D eigenvalue weighted by atomic mass is 19.3. The zero-order chi connectivity index (χ0) is 24.6. The number of fused-ring (bicyclic) bond motifs is 3. The van der Waals surface area contributed by atoms with Crippen LogP contribution in [0.15, 0.2) is 67.0 Å². The number of nitrogens with one attached hydrogen (secondary N) is 1. The summed E-state index contributed by atoms with van der Waals surface area (Å²) in [6, 6.07) is 18.8. The molecule has 8 heteroatoms. The maximum Gasteiger partial charge on any atom is 0.250 e. The zero-order valence-corrected chi connectivity index (χ0v) is 19.1. The van der Waals surface area contributed by atoms with Crippen molar-refractivity contribution in [3.8, 4) is 17.6 Å². The van der Waals surface area contributed by atoms with Crippen LogP contribution in [0.2, 0.25) is 0 Å². The molecule has 1 aromatic heterocycles. The Balaban J connectivity index is 1.75. The fourth-order valence-electron chi connectivity index (χ4n) is 5.86. The second kappa shape index (κ2) is 8.91. The monoisotopic (exact) mass is 477 g/mol. The molecule has 4 atom stereocenters. The van der Waals surface area contributed by atoms with Gasteiger partial charge >= 0.3 is 0 Å². The van der Waals surface area contributed by atoms with E-state index < -0.39 is 30.1 Å². The van der Waals surface area contributed by atoms with E-state index in [1.807, 2.05) is 30.3 Å². The molecule has 3 aromatic rings. The first-order chi connectivity index (χ1) is 17.0. The first-order valence-corrected chi connectivity index (χ1v) is 11.4. The summed E-state index contributed by atoms with van der Waals surface area (Å²) in [6.07, 6.45) is 1.03. The van der Waals surface area contributed by atoms with Crippen molar-refractivity contribution in [3.63, 3.8) is 0 Å². The molecule has 2 heterocycles. The highest BCUT2D eigenvalue weighted by molar-refractivity contribution is 5.58. The van der Waals surface area contributed by atoms with Crippen molar-refractivity contribution in [1.82, 2.24) is 10.3 Å². The molecule has 2 N–H and O–H groups in total. The van der Waals surface area contributed by atoms with Crippen LogP contribution in [-0.2, 0) is 11.2 Å². The molecule has 35 heavy (non-hydrogen) atoms. The third kappa shape index (κ3) is 3.46. The quantitative estimate of drug-likeness (QED) is 0.533. The van der Waals surface area contributed by atoms with Crippen molar-refractivity contribution in [3.05, 3.63) is 89.2 Å². The van der Waals surface area contributed by atoms with E-state index in [2.05, 4.69) is 16.4 Å². The topological polar surface area (TPSA) is 87.4 Å².